The average Bonchev–Trinajstić information content (AvgIpc) is 2.63. The zero-order valence-corrected chi connectivity index (χ0v) is 17.3. The van der Waals surface area contributed by atoms with Gasteiger partial charge in [0.1, 0.15) is 0 Å². The number of primary amides is 1. The molecule has 0 saturated carbocycles. The second-order valence-electron chi connectivity index (χ2n) is 7.61. The van der Waals surface area contributed by atoms with Crippen molar-refractivity contribution in [2.45, 2.75) is 71.8 Å². The first kappa shape index (κ1) is 23.4. The highest BCUT2D eigenvalue weighted by Crippen LogP contribution is 2.20. The zero-order valence-electron chi connectivity index (χ0n) is 17.3. The maximum atomic E-state index is 12.5. The van der Waals surface area contributed by atoms with Gasteiger partial charge in [0.2, 0.25) is 17.7 Å². The SMILES string of the molecule is CCC.CCCCC1NCCN(CC(=O)N2CCC(CC(N)=O)CC2)C1=O. The van der Waals surface area contributed by atoms with Gasteiger partial charge in [0, 0.05) is 32.6 Å². The summed E-state index contributed by atoms with van der Waals surface area (Å²) in [5, 5.41) is 3.25. The Bertz CT molecular complexity index is 476. The van der Waals surface area contributed by atoms with Gasteiger partial charge in [-0.25, -0.2) is 0 Å². The molecule has 3 N–H and O–H groups in total. The molecule has 3 amide bonds. The Hall–Kier alpha value is -1.63. The molecule has 0 radical (unpaired) electrons. The van der Waals surface area contributed by atoms with Crippen molar-refractivity contribution in [3.05, 3.63) is 0 Å². The van der Waals surface area contributed by atoms with Crippen molar-refractivity contribution in [2.24, 2.45) is 11.7 Å². The first-order valence-electron chi connectivity index (χ1n) is 10.5. The quantitative estimate of drug-likeness (QED) is 0.697. The van der Waals surface area contributed by atoms with Crippen LogP contribution in [0.25, 0.3) is 0 Å². The molecule has 0 spiro atoms. The summed E-state index contributed by atoms with van der Waals surface area (Å²) in [7, 11) is 0. The van der Waals surface area contributed by atoms with Crippen LogP contribution < -0.4 is 11.1 Å². The van der Waals surface area contributed by atoms with Crippen LogP contribution in [0, 0.1) is 5.92 Å². The van der Waals surface area contributed by atoms with Gasteiger partial charge in [-0.15, -0.1) is 0 Å². The summed E-state index contributed by atoms with van der Waals surface area (Å²) in [6.07, 6.45) is 6.17. The Kier molecular flexibility index (Phi) is 11.0. The normalized spacial score (nSPS) is 20.9. The van der Waals surface area contributed by atoms with Crippen LogP contribution in [-0.2, 0) is 14.4 Å². The van der Waals surface area contributed by atoms with Gasteiger partial charge in [-0.1, -0.05) is 40.0 Å². The van der Waals surface area contributed by atoms with E-state index in [9.17, 15) is 14.4 Å². The van der Waals surface area contributed by atoms with Crippen molar-refractivity contribution in [1.29, 1.82) is 0 Å². The number of carbonyl (C=O) groups is 3. The largest absolute Gasteiger partial charge is 0.370 e. The monoisotopic (exact) mass is 382 g/mol. The van der Waals surface area contributed by atoms with Crippen LogP contribution in [0.15, 0.2) is 0 Å². The van der Waals surface area contributed by atoms with E-state index in [1.165, 1.54) is 6.42 Å². The maximum Gasteiger partial charge on any atom is 0.242 e. The summed E-state index contributed by atoms with van der Waals surface area (Å²) >= 11 is 0. The number of piperidine rings is 1. The lowest BCUT2D eigenvalue weighted by molar-refractivity contribution is -0.144. The molecule has 2 heterocycles. The Morgan fingerprint density at radius 1 is 1.15 bits per heavy atom. The minimum Gasteiger partial charge on any atom is -0.370 e. The van der Waals surface area contributed by atoms with Crippen LogP contribution in [0.4, 0.5) is 0 Å². The van der Waals surface area contributed by atoms with E-state index in [1.807, 2.05) is 4.90 Å². The summed E-state index contributed by atoms with van der Waals surface area (Å²) < 4.78 is 0. The van der Waals surface area contributed by atoms with Gasteiger partial charge in [-0.05, 0) is 25.2 Å². The predicted octanol–water partition coefficient (Wildman–Crippen LogP) is 1.51. The van der Waals surface area contributed by atoms with Gasteiger partial charge in [0.05, 0.1) is 12.6 Å². The number of nitrogens with zero attached hydrogens (tertiary/aromatic N) is 2. The number of unbranched alkanes of at least 4 members (excludes halogenated alkanes) is 1. The molecule has 156 valence electrons. The topological polar surface area (TPSA) is 95.7 Å². The van der Waals surface area contributed by atoms with Gasteiger partial charge in [0.25, 0.3) is 0 Å². The third kappa shape index (κ3) is 8.28. The number of nitrogens with one attached hydrogen (secondary N) is 1. The van der Waals surface area contributed by atoms with E-state index in [-0.39, 0.29) is 36.2 Å². The Labute approximate surface area is 164 Å². The van der Waals surface area contributed by atoms with Gasteiger partial charge in [-0.3, -0.25) is 14.4 Å². The molecular weight excluding hydrogens is 344 g/mol. The first-order valence-corrected chi connectivity index (χ1v) is 10.5. The summed E-state index contributed by atoms with van der Waals surface area (Å²) in [4.78, 5) is 39.4. The number of piperazine rings is 1. The zero-order chi connectivity index (χ0) is 20.2. The molecule has 0 aromatic rings. The molecular formula is C20H38N4O3. The fourth-order valence-corrected chi connectivity index (χ4v) is 3.52. The minimum atomic E-state index is -0.274. The smallest absolute Gasteiger partial charge is 0.242 e. The van der Waals surface area contributed by atoms with Crippen molar-refractivity contribution < 1.29 is 14.4 Å². The number of hydrogen-bond donors (Lipinski definition) is 2. The van der Waals surface area contributed by atoms with Crippen LogP contribution in [0.3, 0.4) is 0 Å². The van der Waals surface area contributed by atoms with E-state index in [4.69, 9.17) is 5.73 Å². The van der Waals surface area contributed by atoms with Gasteiger partial charge >= 0.3 is 0 Å². The third-order valence-electron chi connectivity index (χ3n) is 5.01. The van der Waals surface area contributed by atoms with E-state index < -0.39 is 0 Å². The highest BCUT2D eigenvalue weighted by atomic mass is 16.2. The number of likely N-dealkylation sites (tertiary alicyclic amines) is 1. The summed E-state index contributed by atoms with van der Waals surface area (Å²) in [5.41, 5.74) is 5.23. The number of hydrogen-bond acceptors (Lipinski definition) is 4. The second kappa shape index (κ2) is 12.7. The molecule has 27 heavy (non-hydrogen) atoms. The molecule has 0 aromatic heterocycles. The maximum absolute atomic E-state index is 12.5. The van der Waals surface area contributed by atoms with Crippen molar-refractivity contribution in [3.8, 4) is 0 Å². The van der Waals surface area contributed by atoms with Gasteiger partial charge < -0.3 is 20.9 Å². The van der Waals surface area contributed by atoms with Crippen molar-refractivity contribution in [2.75, 3.05) is 32.7 Å². The van der Waals surface area contributed by atoms with Crippen LogP contribution in [0.1, 0.15) is 65.7 Å². The number of rotatable bonds is 7. The van der Waals surface area contributed by atoms with Crippen molar-refractivity contribution in [1.82, 2.24) is 15.1 Å². The highest BCUT2D eigenvalue weighted by molar-refractivity contribution is 5.88. The first-order chi connectivity index (χ1) is 12.9. The lowest BCUT2D eigenvalue weighted by atomic mass is 9.93. The van der Waals surface area contributed by atoms with E-state index in [2.05, 4.69) is 26.1 Å². The highest BCUT2D eigenvalue weighted by Gasteiger charge is 2.31. The third-order valence-corrected chi connectivity index (χ3v) is 5.01. The minimum absolute atomic E-state index is 0.0111. The Balaban J connectivity index is 0.00000114. The molecule has 0 aromatic carbocycles. The molecule has 0 bridgehead atoms. The molecule has 2 saturated heterocycles. The predicted molar refractivity (Wildman–Crippen MR) is 107 cm³/mol. The molecule has 2 rings (SSSR count). The molecule has 7 heteroatoms. The molecule has 2 aliphatic heterocycles. The summed E-state index contributed by atoms with van der Waals surface area (Å²) in [6.45, 7) is 9.16. The molecule has 2 fully saturated rings. The van der Waals surface area contributed by atoms with Crippen LogP contribution >= 0.6 is 0 Å². The standard InChI is InChI=1S/C17H30N4O3.C3H8/c1-2-3-4-14-17(24)21(10-7-19-14)12-16(23)20-8-5-13(6-9-20)11-15(18)22;1-3-2/h13-14,19H,2-12H2,1H3,(H2,18,22);3H2,1-2H3. The summed E-state index contributed by atoms with van der Waals surface area (Å²) in [5.74, 6) is 0.0683. The van der Waals surface area contributed by atoms with Crippen molar-refractivity contribution >= 4 is 17.7 Å². The van der Waals surface area contributed by atoms with Crippen molar-refractivity contribution in [3.63, 3.8) is 0 Å². The fraction of sp³-hybridized carbons (Fsp3) is 0.850. The van der Waals surface area contributed by atoms with E-state index in [0.29, 0.717) is 26.1 Å². The average molecular weight is 383 g/mol. The molecule has 0 aliphatic carbocycles. The molecule has 7 nitrogen and oxygen atoms in total. The molecule has 1 unspecified atom stereocenters. The number of nitrogens with two attached hydrogens (primary N) is 1. The van der Waals surface area contributed by atoms with Crippen LogP contribution in [-0.4, -0.2) is 66.3 Å². The fourth-order valence-electron chi connectivity index (χ4n) is 3.52. The van der Waals surface area contributed by atoms with Gasteiger partial charge in [-0.2, -0.15) is 0 Å². The van der Waals surface area contributed by atoms with Gasteiger partial charge in [0.15, 0.2) is 0 Å². The lowest BCUT2D eigenvalue weighted by Crippen LogP contribution is -2.57. The Morgan fingerprint density at radius 2 is 1.78 bits per heavy atom. The number of carbonyl (C=O) groups excluding carboxylic acids is 3. The Morgan fingerprint density at radius 3 is 2.33 bits per heavy atom. The second-order valence-corrected chi connectivity index (χ2v) is 7.61. The molecule has 2 aliphatic rings. The number of amides is 3. The van der Waals surface area contributed by atoms with E-state index in [0.717, 1.165) is 38.6 Å². The molecule has 1 atom stereocenters. The van der Waals surface area contributed by atoms with Crippen LogP contribution in [0.5, 0.6) is 0 Å². The summed E-state index contributed by atoms with van der Waals surface area (Å²) in [6, 6.07) is -0.146. The lowest BCUT2D eigenvalue weighted by Gasteiger charge is -2.36. The van der Waals surface area contributed by atoms with Crippen LogP contribution in [0.2, 0.25) is 0 Å². The van der Waals surface area contributed by atoms with E-state index >= 15 is 0 Å². The van der Waals surface area contributed by atoms with E-state index in [1.54, 1.807) is 4.90 Å².